The van der Waals surface area contributed by atoms with Crippen molar-refractivity contribution in [3.8, 4) is 0 Å². The first-order valence-corrected chi connectivity index (χ1v) is 4.83. The quantitative estimate of drug-likeness (QED) is 0.621. The van der Waals surface area contributed by atoms with Crippen LogP contribution in [0, 0.1) is 5.41 Å². The van der Waals surface area contributed by atoms with E-state index in [9.17, 15) is 0 Å². The Labute approximate surface area is 83.8 Å². The van der Waals surface area contributed by atoms with E-state index in [0.717, 1.165) is 6.42 Å². The maximum atomic E-state index is 5.56. The molecule has 2 aliphatic heterocycles. The summed E-state index contributed by atoms with van der Waals surface area (Å²) in [6.45, 7) is 6.40. The van der Waals surface area contributed by atoms with Gasteiger partial charge in [0, 0.05) is 0 Å². The van der Waals surface area contributed by atoms with Crippen LogP contribution in [-0.2, 0) is 18.9 Å². The summed E-state index contributed by atoms with van der Waals surface area (Å²) in [4.78, 5) is 0. The molecule has 1 spiro atoms. The fourth-order valence-corrected chi connectivity index (χ4v) is 1.97. The van der Waals surface area contributed by atoms with E-state index >= 15 is 0 Å². The molecule has 80 valence electrons. The van der Waals surface area contributed by atoms with Crippen molar-refractivity contribution in [3.63, 3.8) is 0 Å². The molecule has 4 nitrogen and oxygen atoms in total. The van der Waals surface area contributed by atoms with Crippen LogP contribution >= 0.6 is 0 Å². The van der Waals surface area contributed by atoms with Crippen molar-refractivity contribution >= 4 is 0 Å². The van der Waals surface area contributed by atoms with Crippen molar-refractivity contribution in [1.82, 2.24) is 0 Å². The van der Waals surface area contributed by atoms with Gasteiger partial charge in [-0.3, -0.25) is 0 Å². The Morgan fingerprint density at radius 1 is 1.14 bits per heavy atom. The summed E-state index contributed by atoms with van der Waals surface area (Å²) in [5.74, 6) is 0. The number of hydrogen-bond acceptors (Lipinski definition) is 4. The number of rotatable bonds is 2. The highest BCUT2D eigenvalue weighted by molar-refractivity contribution is 4.93. The van der Waals surface area contributed by atoms with Gasteiger partial charge in [0.15, 0.2) is 0 Å². The fraction of sp³-hybridized carbons (Fsp3) is 0.800. The van der Waals surface area contributed by atoms with E-state index in [1.54, 1.807) is 0 Å². The average molecular weight is 200 g/mol. The normalized spacial score (nSPS) is 31.6. The van der Waals surface area contributed by atoms with Crippen molar-refractivity contribution in [2.75, 3.05) is 33.4 Å². The van der Waals surface area contributed by atoms with Crippen molar-refractivity contribution in [2.24, 2.45) is 5.41 Å². The number of ether oxygens (including phenoxy) is 4. The first kappa shape index (κ1) is 10.1. The molecular weight excluding hydrogens is 184 g/mol. The van der Waals surface area contributed by atoms with Gasteiger partial charge in [0.1, 0.15) is 13.6 Å². The van der Waals surface area contributed by atoms with Crippen LogP contribution in [0.15, 0.2) is 12.7 Å². The summed E-state index contributed by atoms with van der Waals surface area (Å²) in [6.07, 6.45) is 2.79. The molecule has 0 aliphatic carbocycles. The lowest BCUT2D eigenvalue weighted by Crippen LogP contribution is -2.53. The molecule has 1 unspecified atom stereocenters. The SMILES string of the molecule is C=CCC1OCOCC12COCOC2. The highest BCUT2D eigenvalue weighted by atomic mass is 16.7. The van der Waals surface area contributed by atoms with Crippen LogP contribution in [0.3, 0.4) is 0 Å². The van der Waals surface area contributed by atoms with Crippen LogP contribution < -0.4 is 0 Å². The highest BCUT2D eigenvalue weighted by Crippen LogP contribution is 2.34. The molecule has 0 aromatic carbocycles. The molecule has 2 rings (SSSR count). The van der Waals surface area contributed by atoms with Gasteiger partial charge in [-0.1, -0.05) is 6.08 Å². The van der Waals surface area contributed by atoms with Crippen molar-refractivity contribution in [1.29, 1.82) is 0 Å². The van der Waals surface area contributed by atoms with E-state index in [2.05, 4.69) is 6.58 Å². The fourth-order valence-electron chi connectivity index (χ4n) is 1.97. The van der Waals surface area contributed by atoms with Gasteiger partial charge in [-0.25, -0.2) is 0 Å². The minimum atomic E-state index is -0.134. The minimum Gasteiger partial charge on any atom is -0.355 e. The molecule has 14 heavy (non-hydrogen) atoms. The highest BCUT2D eigenvalue weighted by Gasteiger charge is 2.44. The Bertz CT molecular complexity index is 190. The third-order valence-electron chi connectivity index (χ3n) is 2.75. The average Bonchev–Trinajstić information content (AvgIpc) is 2.23. The molecule has 1 atom stereocenters. The van der Waals surface area contributed by atoms with Gasteiger partial charge in [-0.2, -0.15) is 0 Å². The second-order valence-corrected chi connectivity index (χ2v) is 3.82. The Morgan fingerprint density at radius 2 is 1.79 bits per heavy atom. The molecule has 0 bridgehead atoms. The molecule has 2 heterocycles. The summed E-state index contributed by atoms with van der Waals surface area (Å²) in [7, 11) is 0. The zero-order valence-electron chi connectivity index (χ0n) is 8.24. The lowest BCUT2D eigenvalue weighted by molar-refractivity contribution is -0.275. The second-order valence-electron chi connectivity index (χ2n) is 3.82. The van der Waals surface area contributed by atoms with Crippen LogP contribution in [0.1, 0.15) is 6.42 Å². The molecule has 0 aromatic heterocycles. The number of hydrogen-bond donors (Lipinski definition) is 0. The molecule has 0 amide bonds. The van der Waals surface area contributed by atoms with Gasteiger partial charge in [-0.05, 0) is 6.42 Å². The maximum absolute atomic E-state index is 5.56. The van der Waals surface area contributed by atoms with E-state index in [1.807, 2.05) is 6.08 Å². The Morgan fingerprint density at radius 3 is 2.43 bits per heavy atom. The van der Waals surface area contributed by atoms with E-state index in [-0.39, 0.29) is 11.5 Å². The second kappa shape index (κ2) is 4.40. The third-order valence-corrected chi connectivity index (χ3v) is 2.75. The predicted octanol–water partition coefficient (Wildman–Crippen LogP) is 0.926. The zero-order chi connectivity index (χ0) is 9.86. The van der Waals surface area contributed by atoms with Crippen LogP contribution in [0.2, 0.25) is 0 Å². The van der Waals surface area contributed by atoms with Gasteiger partial charge in [0.2, 0.25) is 0 Å². The largest absolute Gasteiger partial charge is 0.355 e. The van der Waals surface area contributed by atoms with E-state index in [4.69, 9.17) is 18.9 Å². The topological polar surface area (TPSA) is 36.9 Å². The van der Waals surface area contributed by atoms with Crippen LogP contribution in [-0.4, -0.2) is 39.5 Å². The van der Waals surface area contributed by atoms with Crippen molar-refractivity contribution in [2.45, 2.75) is 12.5 Å². The smallest absolute Gasteiger partial charge is 0.147 e. The van der Waals surface area contributed by atoms with E-state index in [1.165, 1.54) is 0 Å². The summed E-state index contributed by atoms with van der Waals surface area (Å²) in [5.41, 5.74) is -0.134. The Hall–Kier alpha value is -0.420. The van der Waals surface area contributed by atoms with E-state index in [0.29, 0.717) is 33.4 Å². The van der Waals surface area contributed by atoms with Crippen molar-refractivity contribution < 1.29 is 18.9 Å². The van der Waals surface area contributed by atoms with Gasteiger partial charge < -0.3 is 18.9 Å². The molecule has 2 aliphatic rings. The van der Waals surface area contributed by atoms with Gasteiger partial charge >= 0.3 is 0 Å². The van der Waals surface area contributed by atoms with E-state index < -0.39 is 0 Å². The van der Waals surface area contributed by atoms with Gasteiger partial charge in [0.25, 0.3) is 0 Å². The molecule has 0 radical (unpaired) electrons. The summed E-state index contributed by atoms with van der Waals surface area (Å²) >= 11 is 0. The molecule has 0 saturated carbocycles. The lowest BCUT2D eigenvalue weighted by Gasteiger charge is -2.44. The molecule has 0 aromatic rings. The lowest BCUT2D eigenvalue weighted by atomic mass is 9.81. The summed E-state index contributed by atoms with van der Waals surface area (Å²) < 4.78 is 21.5. The Balaban J connectivity index is 2.06. The molecule has 2 fully saturated rings. The third kappa shape index (κ3) is 1.83. The van der Waals surface area contributed by atoms with Gasteiger partial charge in [-0.15, -0.1) is 6.58 Å². The minimum absolute atomic E-state index is 0.106. The predicted molar refractivity (Wildman–Crippen MR) is 49.7 cm³/mol. The van der Waals surface area contributed by atoms with Crippen molar-refractivity contribution in [3.05, 3.63) is 12.7 Å². The Kier molecular flexibility index (Phi) is 3.18. The standard InChI is InChI=1S/C10H16O4/c1-2-3-9-10(6-13-8-14-9)4-11-7-12-5-10/h2,9H,1,3-8H2. The molecule has 2 saturated heterocycles. The first-order chi connectivity index (χ1) is 6.87. The van der Waals surface area contributed by atoms with Crippen LogP contribution in [0.4, 0.5) is 0 Å². The maximum Gasteiger partial charge on any atom is 0.147 e. The molecule has 4 heteroatoms. The molecular formula is C10H16O4. The van der Waals surface area contributed by atoms with Crippen LogP contribution in [0.25, 0.3) is 0 Å². The van der Waals surface area contributed by atoms with Gasteiger partial charge in [0.05, 0.1) is 31.3 Å². The van der Waals surface area contributed by atoms with Crippen LogP contribution in [0.5, 0.6) is 0 Å². The summed E-state index contributed by atoms with van der Waals surface area (Å²) in [6, 6.07) is 0. The molecule has 0 N–H and O–H groups in total. The first-order valence-electron chi connectivity index (χ1n) is 4.83. The zero-order valence-corrected chi connectivity index (χ0v) is 8.24. The monoisotopic (exact) mass is 200 g/mol. The summed E-state index contributed by atoms with van der Waals surface area (Å²) in [5, 5.41) is 0.